The van der Waals surface area contributed by atoms with Crippen molar-refractivity contribution in [3.8, 4) is 0 Å². The molecule has 0 bridgehead atoms. The number of carboxylic acid groups (broad SMARTS) is 1. The van der Waals surface area contributed by atoms with Crippen molar-refractivity contribution in [3.63, 3.8) is 0 Å². The lowest BCUT2D eigenvalue weighted by molar-refractivity contribution is -0.151. The van der Waals surface area contributed by atoms with Gasteiger partial charge in [0.1, 0.15) is 0 Å². The summed E-state index contributed by atoms with van der Waals surface area (Å²) in [6.07, 6.45) is 3.71. The first-order valence-corrected chi connectivity index (χ1v) is 4.89. The number of carbonyl (C=O) groups is 1. The van der Waals surface area contributed by atoms with Crippen LogP contribution in [-0.2, 0) is 9.53 Å². The molecule has 13 heavy (non-hydrogen) atoms. The standard InChI is InChI=1S/C10H20O3/c1-4-5-6-7-8(2)9(13-3)10(11)12/h8-9H,4-7H2,1-3H3,(H,11,12). The molecule has 2 unspecified atom stereocenters. The minimum Gasteiger partial charge on any atom is -0.479 e. The Morgan fingerprint density at radius 1 is 1.46 bits per heavy atom. The van der Waals surface area contributed by atoms with Crippen LogP contribution in [0, 0.1) is 5.92 Å². The van der Waals surface area contributed by atoms with E-state index in [0.29, 0.717) is 0 Å². The summed E-state index contributed by atoms with van der Waals surface area (Å²) in [6.45, 7) is 4.06. The Morgan fingerprint density at radius 2 is 2.08 bits per heavy atom. The molecule has 0 radical (unpaired) electrons. The molecule has 0 aliphatic rings. The maximum absolute atomic E-state index is 10.7. The predicted octanol–water partition coefficient (Wildman–Crippen LogP) is 2.30. The van der Waals surface area contributed by atoms with E-state index in [1.165, 1.54) is 13.5 Å². The van der Waals surface area contributed by atoms with Crippen molar-refractivity contribution < 1.29 is 14.6 Å². The molecule has 0 aromatic heterocycles. The fourth-order valence-corrected chi connectivity index (χ4v) is 1.44. The zero-order valence-electron chi connectivity index (χ0n) is 8.75. The fourth-order valence-electron chi connectivity index (χ4n) is 1.44. The number of rotatable bonds is 7. The Kier molecular flexibility index (Phi) is 6.59. The van der Waals surface area contributed by atoms with E-state index in [2.05, 4.69) is 6.92 Å². The molecule has 0 fully saturated rings. The molecule has 0 aliphatic heterocycles. The van der Waals surface area contributed by atoms with E-state index in [0.717, 1.165) is 19.3 Å². The summed E-state index contributed by atoms with van der Waals surface area (Å²) in [6, 6.07) is 0. The second kappa shape index (κ2) is 6.89. The summed E-state index contributed by atoms with van der Waals surface area (Å²) in [5, 5.41) is 8.78. The molecule has 2 atom stereocenters. The minimum atomic E-state index is -0.855. The van der Waals surface area contributed by atoms with Gasteiger partial charge in [0.25, 0.3) is 0 Å². The van der Waals surface area contributed by atoms with Crippen LogP contribution in [0.1, 0.15) is 39.5 Å². The minimum absolute atomic E-state index is 0.106. The lowest BCUT2D eigenvalue weighted by Gasteiger charge is -2.18. The Labute approximate surface area is 80.1 Å². The van der Waals surface area contributed by atoms with E-state index in [1.807, 2.05) is 6.92 Å². The van der Waals surface area contributed by atoms with E-state index in [1.54, 1.807) is 0 Å². The average Bonchev–Trinajstić information content (AvgIpc) is 2.05. The predicted molar refractivity (Wildman–Crippen MR) is 51.7 cm³/mol. The third kappa shape index (κ3) is 4.88. The highest BCUT2D eigenvalue weighted by atomic mass is 16.5. The lowest BCUT2D eigenvalue weighted by Crippen LogP contribution is -2.29. The van der Waals surface area contributed by atoms with Crippen LogP contribution < -0.4 is 0 Å². The van der Waals surface area contributed by atoms with Gasteiger partial charge in [-0.3, -0.25) is 0 Å². The molecule has 0 rings (SSSR count). The van der Waals surface area contributed by atoms with Crippen LogP contribution in [0.2, 0.25) is 0 Å². The normalized spacial score (nSPS) is 15.3. The van der Waals surface area contributed by atoms with E-state index < -0.39 is 12.1 Å². The average molecular weight is 188 g/mol. The molecule has 0 amide bonds. The zero-order chi connectivity index (χ0) is 10.3. The fraction of sp³-hybridized carbons (Fsp3) is 0.900. The van der Waals surface area contributed by atoms with Crippen LogP contribution in [0.5, 0.6) is 0 Å². The van der Waals surface area contributed by atoms with Crippen LogP contribution in [0.25, 0.3) is 0 Å². The molecule has 0 heterocycles. The topological polar surface area (TPSA) is 46.5 Å². The van der Waals surface area contributed by atoms with Crippen molar-refractivity contribution >= 4 is 5.97 Å². The van der Waals surface area contributed by atoms with Crippen LogP contribution in [-0.4, -0.2) is 24.3 Å². The van der Waals surface area contributed by atoms with E-state index in [9.17, 15) is 4.79 Å². The Bertz CT molecular complexity index is 145. The number of aliphatic carboxylic acids is 1. The van der Waals surface area contributed by atoms with Gasteiger partial charge < -0.3 is 9.84 Å². The van der Waals surface area contributed by atoms with Gasteiger partial charge in [0.15, 0.2) is 6.10 Å². The van der Waals surface area contributed by atoms with Crippen LogP contribution in [0.4, 0.5) is 0 Å². The summed E-state index contributed by atoms with van der Waals surface area (Å²) in [5.41, 5.74) is 0. The largest absolute Gasteiger partial charge is 0.479 e. The molecule has 0 spiro atoms. The zero-order valence-corrected chi connectivity index (χ0v) is 8.75. The van der Waals surface area contributed by atoms with Gasteiger partial charge >= 0.3 is 5.97 Å². The van der Waals surface area contributed by atoms with Gasteiger partial charge in [-0.25, -0.2) is 4.79 Å². The maximum Gasteiger partial charge on any atom is 0.333 e. The molecule has 3 heteroatoms. The Balaban J connectivity index is 3.77. The molecule has 3 nitrogen and oxygen atoms in total. The van der Waals surface area contributed by atoms with Gasteiger partial charge in [0.05, 0.1) is 0 Å². The molecule has 78 valence electrons. The summed E-state index contributed by atoms with van der Waals surface area (Å²) in [5.74, 6) is -0.749. The number of ether oxygens (including phenoxy) is 1. The highest BCUT2D eigenvalue weighted by Gasteiger charge is 2.23. The second-order valence-electron chi connectivity index (χ2n) is 3.47. The molecule has 0 aromatic rings. The van der Waals surface area contributed by atoms with Crippen LogP contribution in [0.15, 0.2) is 0 Å². The molecular formula is C10H20O3. The quantitative estimate of drug-likeness (QED) is 0.623. The van der Waals surface area contributed by atoms with Gasteiger partial charge in [-0.1, -0.05) is 33.1 Å². The van der Waals surface area contributed by atoms with E-state index in [4.69, 9.17) is 9.84 Å². The van der Waals surface area contributed by atoms with Crippen LogP contribution >= 0.6 is 0 Å². The van der Waals surface area contributed by atoms with E-state index in [-0.39, 0.29) is 5.92 Å². The first kappa shape index (κ1) is 12.4. The van der Waals surface area contributed by atoms with Gasteiger partial charge in [-0.15, -0.1) is 0 Å². The van der Waals surface area contributed by atoms with Gasteiger partial charge in [0, 0.05) is 7.11 Å². The third-order valence-corrected chi connectivity index (χ3v) is 2.28. The Hall–Kier alpha value is -0.570. The molecule has 0 aliphatic carbocycles. The first-order valence-electron chi connectivity index (χ1n) is 4.89. The summed E-state index contributed by atoms with van der Waals surface area (Å²) in [7, 11) is 1.45. The summed E-state index contributed by atoms with van der Waals surface area (Å²) < 4.78 is 4.90. The van der Waals surface area contributed by atoms with Crippen molar-refractivity contribution in [1.29, 1.82) is 0 Å². The number of carboxylic acids is 1. The van der Waals surface area contributed by atoms with Crippen molar-refractivity contribution in [1.82, 2.24) is 0 Å². The SMILES string of the molecule is CCCCCC(C)C(OC)C(=O)O. The van der Waals surface area contributed by atoms with Crippen LogP contribution in [0.3, 0.4) is 0 Å². The molecule has 1 N–H and O–H groups in total. The molecule has 0 saturated carbocycles. The number of hydrogen-bond donors (Lipinski definition) is 1. The summed E-state index contributed by atoms with van der Waals surface area (Å²) >= 11 is 0. The molecule has 0 saturated heterocycles. The Morgan fingerprint density at radius 3 is 2.46 bits per heavy atom. The lowest BCUT2D eigenvalue weighted by atomic mass is 9.97. The van der Waals surface area contributed by atoms with Crippen molar-refractivity contribution in [3.05, 3.63) is 0 Å². The smallest absolute Gasteiger partial charge is 0.333 e. The molecule has 0 aromatic carbocycles. The first-order chi connectivity index (χ1) is 6.13. The number of methoxy groups -OCH3 is 1. The van der Waals surface area contributed by atoms with Crippen molar-refractivity contribution in [2.75, 3.05) is 7.11 Å². The monoisotopic (exact) mass is 188 g/mol. The number of unbranched alkanes of at least 4 members (excludes halogenated alkanes) is 2. The third-order valence-electron chi connectivity index (χ3n) is 2.28. The second-order valence-corrected chi connectivity index (χ2v) is 3.47. The van der Waals surface area contributed by atoms with Crippen molar-refractivity contribution in [2.45, 2.75) is 45.6 Å². The molecular weight excluding hydrogens is 168 g/mol. The summed E-state index contributed by atoms with van der Waals surface area (Å²) in [4.78, 5) is 10.7. The maximum atomic E-state index is 10.7. The van der Waals surface area contributed by atoms with Crippen molar-refractivity contribution in [2.24, 2.45) is 5.92 Å². The number of hydrogen-bond acceptors (Lipinski definition) is 2. The van der Waals surface area contributed by atoms with E-state index >= 15 is 0 Å². The van der Waals surface area contributed by atoms with Gasteiger partial charge in [-0.2, -0.15) is 0 Å². The highest BCUT2D eigenvalue weighted by Crippen LogP contribution is 2.15. The van der Waals surface area contributed by atoms with Gasteiger partial charge in [-0.05, 0) is 12.3 Å². The highest BCUT2D eigenvalue weighted by molar-refractivity contribution is 5.72. The van der Waals surface area contributed by atoms with Gasteiger partial charge in [0.2, 0.25) is 0 Å².